The van der Waals surface area contributed by atoms with E-state index in [0.29, 0.717) is 18.8 Å². The molecule has 2 atom stereocenters. The van der Waals surface area contributed by atoms with Crippen LogP contribution in [-0.4, -0.2) is 30.4 Å². The highest BCUT2D eigenvalue weighted by molar-refractivity contribution is 5.85. The van der Waals surface area contributed by atoms with E-state index in [-0.39, 0.29) is 11.7 Å². The van der Waals surface area contributed by atoms with E-state index < -0.39 is 23.8 Å². The summed E-state index contributed by atoms with van der Waals surface area (Å²) in [6, 6.07) is 3.19. The van der Waals surface area contributed by atoms with Crippen LogP contribution in [0.25, 0.3) is 6.08 Å². The molecular formula is C15H15F3O4. The van der Waals surface area contributed by atoms with Gasteiger partial charge < -0.3 is 14.6 Å². The number of hydrogen-bond donors (Lipinski definition) is 1. The second-order valence-corrected chi connectivity index (χ2v) is 4.94. The zero-order valence-electron chi connectivity index (χ0n) is 11.8. The van der Waals surface area contributed by atoms with Crippen molar-refractivity contribution in [3.8, 4) is 0 Å². The monoisotopic (exact) mass is 316 g/mol. The van der Waals surface area contributed by atoms with Crippen molar-refractivity contribution in [3.05, 3.63) is 41.0 Å². The fourth-order valence-corrected chi connectivity index (χ4v) is 1.93. The Labute approximate surface area is 125 Å². The first-order valence-corrected chi connectivity index (χ1v) is 6.62. The van der Waals surface area contributed by atoms with E-state index in [9.17, 15) is 18.0 Å². The number of benzene rings is 1. The Morgan fingerprint density at radius 3 is 2.77 bits per heavy atom. The van der Waals surface area contributed by atoms with E-state index in [0.717, 1.165) is 24.3 Å². The quantitative estimate of drug-likeness (QED) is 0.646. The molecule has 1 aliphatic heterocycles. The van der Waals surface area contributed by atoms with Gasteiger partial charge in [-0.15, -0.1) is 0 Å². The second kappa shape index (κ2) is 6.50. The molecule has 1 aliphatic rings. The molecule has 0 aromatic heterocycles. The fraction of sp³-hybridized carbons (Fsp3) is 0.400. The van der Waals surface area contributed by atoms with Gasteiger partial charge in [0.2, 0.25) is 0 Å². The van der Waals surface area contributed by atoms with Crippen molar-refractivity contribution >= 4 is 12.0 Å². The average molecular weight is 316 g/mol. The van der Waals surface area contributed by atoms with Crippen LogP contribution in [0.15, 0.2) is 24.3 Å². The van der Waals surface area contributed by atoms with Gasteiger partial charge in [0.05, 0.1) is 24.9 Å². The van der Waals surface area contributed by atoms with Gasteiger partial charge in [-0.3, -0.25) is 0 Å². The van der Waals surface area contributed by atoms with Crippen LogP contribution in [0, 0.1) is 0 Å². The molecule has 0 saturated carbocycles. The number of carboxylic acids is 1. The maximum atomic E-state index is 12.8. The topological polar surface area (TPSA) is 59.1 Å². The number of halogens is 3. The molecule has 1 fully saturated rings. The number of hydrogen-bond acceptors (Lipinski definition) is 3. The van der Waals surface area contributed by atoms with Crippen molar-refractivity contribution in [3.63, 3.8) is 0 Å². The minimum atomic E-state index is -4.49. The Balaban J connectivity index is 2.27. The van der Waals surface area contributed by atoms with Crippen LogP contribution in [0.4, 0.5) is 13.2 Å². The van der Waals surface area contributed by atoms with Gasteiger partial charge in [0.15, 0.2) is 0 Å². The summed E-state index contributed by atoms with van der Waals surface area (Å²) in [7, 11) is 0. The Kier molecular flexibility index (Phi) is 4.87. The molecule has 120 valence electrons. The van der Waals surface area contributed by atoms with Crippen molar-refractivity contribution in [1.82, 2.24) is 0 Å². The van der Waals surface area contributed by atoms with Crippen LogP contribution in [0.5, 0.6) is 0 Å². The first-order valence-electron chi connectivity index (χ1n) is 6.62. The number of carboxylic acid groups (broad SMARTS) is 1. The van der Waals surface area contributed by atoms with Gasteiger partial charge in [-0.25, -0.2) is 4.79 Å². The van der Waals surface area contributed by atoms with Crippen molar-refractivity contribution < 1.29 is 32.5 Å². The standard InChI is InChI=1S/C15H15F3O4/c1-9(21-7-12-8-22-12)13-4-3-11(15(16,17)18)6-10(13)2-5-14(19)20/h2-6,9,12H,7-8H2,1H3,(H,19,20)/b5-2+/t9-,12+/m1/s1. The van der Waals surface area contributed by atoms with E-state index in [1.807, 2.05) is 0 Å². The summed E-state index contributed by atoms with van der Waals surface area (Å²) in [5, 5.41) is 8.66. The molecule has 1 heterocycles. The predicted octanol–water partition coefficient (Wildman–Crippen LogP) is 3.28. The number of aliphatic carboxylic acids is 1. The molecule has 0 radical (unpaired) electrons. The summed E-state index contributed by atoms with van der Waals surface area (Å²) < 4.78 is 48.9. The zero-order chi connectivity index (χ0) is 16.3. The minimum absolute atomic E-state index is 0.0370. The van der Waals surface area contributed by atoms with Gasteiger partial charge in [0.1, 0.15) is 6.10 Å². The lowest BCUT2D eigenvalue weighted by Gasteiger charge is -2.17. The third-order valence-corrected chi connectivity index (χ3v) is 3.19. The highest BCUT2D eigenvalue weighted by Crippen LogP contribution is 2.33. The van der Waals surface area contributed by atoms with Gasteiger partial charge in [0, 0.05) is 6.08 Å². The molecule has 0 amide bonds. The van der Waals surface area contributed by atoms with Crippen molar-refractivity contribution in [2.45, 2.75) is 25.3 Å². The van der Waals surface area contributed by atoms with Crippen LogP contribution in [0.2, 0.25) is 0 Å². The molecule has 0 aliphatic carbocycles. The summed E-state index contributed by atoms with van der Waals surface area (Å²) in [5.41, 5.74) is -0.174. The lowest BCUT2D eigenvalue weighted by molar-refractivity contribution is -0.137. The summed E-state index contributed by atoms with van der Waals surface area (Å²) in [4.78, 5) is 10.6. The number of carbonyl (C=O) groups is 1. The molecule has 1 N–H and O–H groups in total. The highest BCUT2D eigenvalue weighted by atomic mass is 19.4. The largest absolute Gasteiger partial charge is 0.478 e. The molecule has 7 heteroatoms. The van der Waals surface area contributed by atoms with Crippen molar-refractivity contribution in [1.29, 1.82) is 0 Å². The minimum Gasteiger partial charge on any atom is -0.478 e. The molecule has 1 aromatic carbocycles. The average Bonchev–Trinajstić information content (AvgIpc) is 3.25. The first-order chi connectivity index (χ1) is 10.3. The number of alkyl halides is 3. The van der Waals surface area contributed by atoms with E-state index >= 15 is 0 Å². The van der Waals surface area contributed by atoms with Crippen molar-refractivity contribution in [2.24, 2.45) is 0 Å². The van der Waals surface area contributed by atoms with Gasteiger partial charge in [-0.05, 0) is 36.3 Å². The van der Waals surface area contributed by atoms with E-state index in [1.165, 1.54) is 6.07 Å². The van der Waals surface area contributed by atoms with Gasteiger partial charge in [-0.1, -0.05) is 6.07 Å². The molecule has 0 spiro atoms. The SMILES string of the molecule is C[C@@H](OC[C@H]1CO1)c1ccc(C(F)(F)F)cc1/C=C/C(=O)O. The molecule has 0 unspecified atom stereocenters. The third kappa shape index (κ3) is 4.57. The van der Waals surface area contributed by atoms with E-state index in [1.54, 1.807) is 6.92 Å². The molecule has 1 aromatic rings. The molecule has 4 nitrogen and oxygen atoms in total. The lowest BCUT2D eigenvalue weighted by Crippen LogP contribution is -2.10. The molecule has 1 saturated heterocycles. The van der Waals surface area contributed by atoms with Crippen LogP contribution < -0.4 is 0 Å². The Bertz CT molecular complexity index is 577. The first kappa shape index (κ1) is 16.5. The summed E-state index contributed by atoms with van der Waals surface area (Å²) in [6.45, 7) is 2.67. The maximum Gasteiger partial charge on any atom is 0.416 e. The Morgan fingerprint density at radius 1 is 1.55 bits per heavy atom. The van der Waals surface area contributed by atoms with E-state index in [2.05, 4.69) is 0 Å². The van der Waals surface area contributed by atoms with Crippen LogP contribution in [0.1, 0.15) is 29.7 Å². The number of epoxide rings is 1. The van der Waals surface area contributed by atoms with Crippen LogP contribution in [0.3, 0.4) is 0 Å². The maximum absolute atomic E-state index is 12.8. The van der Waals surface area contributed by atoms with E-state index in [4.69, 9.17) is 14.6 Å². The molecular weight excluding hydrogens is 301 g/mol. The molecule has 0 bridgehead atoms. The number of rotatable bonds is 6. The lowest BCUT2D eigenvalue weighted by atomic mass is 9.99. The van der Waals surface area contributed by atoms with Crippen molar-refractivity contribution in [2.75, 3.05) is 13.2 Å². The fourth-order valence-electron chi connectivity index (χ4n) is 1.93. The molecule has 22 heavy (non-hydrogen) atoms. The smallest absolute Gasteiger partial charge is 0.416 e. The highest BCUT2D eigenvalue weighted by Gasteiger charge is 2.31. The molecule has 2 rings (SSSR count). The van der Waals surface area contributed by atoms with Gasteiger partial charge in [-0.2, -0.15) is 13.2 Å². The van der Waals surface area contributed by atoms with Crippen LogP contribution in [-0.2, 0) is 20.4 Å². The van der Waals surface area contributed by atoms with Gasteiger partial charge in [0.25, 0.3) is 0 Å². The summed E-state index contributed by atoms with van der Waals surface area (Å²) in [6.07, 6.45) is -2.98. The second-order valence-electron chi connectivity index (χ2n) is 4.94. The summed E-state index contributed by atoms with van der Waals surface area (Å²) >= 11 is 0. The Morgan fingerprint density at radius 2 is 2.23 bits per heavy atom. The Hall–Kier alpha value is -1.86. The normalized spacial score (nSPS) is 19.4. The predicted molar refractivity (Wildman–Crippen MR) is 72.2 cm³/mol. The zero-order valence-corrected chi connectivity index (χ0v) is 11.8. The third-order valence-electron chi connectivity index (χ3n) is 3.19. The van der Waals surface area contributed by atoms with Gasteiger partial charge >= 0.3 is 12.1 Å². The summed E-state index contributed by atoms with van der Waals surface area (Å²) in [5.74, 6) is -1.23. The van der Waals surface area contributed by atoms with Crippen LogP contribution >= 0.6 is 0 Å². The number of ether oxygens (including phenoxy) is 2.